The van der Waals surface area contributed by atoms with Crippen LogP contribution >= 0.6 is 0 Å². The average molecular weight is 449 g/mol. The van der Waals surface area contributed by atoms with Crippen LogP contribution in [0.25, 0.3) is 6.08 Å². The van der Waals surface area contributed by atoms with E-state index in [2.05, 4.69) is 15.5 Å². The van der Waals surface area contributed by atoms with Crippen molar-refractivity contribution in [1.82, 2.24) is 15.5 Å². The van der Waals surface area contributed by atoms with Gasteiger partial charge in [-0.2, -0.15) is 18.3 Å². The number of hydrogen-bond donors (Lipinski definition) is 2. The second kappa shape index (κ2) is 7.88. The molecule has 2 atom stereocenters. The van der Waals surface area contributed by atoms with Gasteiger partial charge in [0.2, 0.25) is 0 Å². The molecule has 0 aliphatic carbocycles. The fourth-order valence-corrected chi connectivity index (χ4v) is 3.78. The number of benzene rings is 1. The number of carbonyl (C=O) groups is 2. The lowest BCUT2D eigenvalue weighted by Crippen LogP contribution is -2.49. The summed E-state index contributed by atoms with van der Waals surface area (Å²) in [5.74, 6) is -1.84. The van der Waals surface area contributed by atoms with Crippen molar-refractivity contribution >= 4 is 29.4 Å². The van der Waals surface area contributed by atoms with Crippen LogP contribution in [0.2, 0.25) is 0 Å². The first-order valence-electron chi connectivity index (χ1n) is 9.95. The molecule has 32 heavy (non-hydrogen) atoms. The van der Waals surface area contributed by atoms with E-state index in [1.54, 1.807) is 43.3 Å². The largest absolute Gasteiger partial charge is 0.489 e. The van der Waals surface area contributed by atoms with Gasteiger partial charge in [-0.05, 0) is 30.7 Å². The Morgan fingerprint density at radius 1 is 1.31 bits per heavy atom. The van der Waals surface area contributed by atoms with Crippen LogP contribution < -0.4 is 19.9 Å². The van der Waals surface area contributed by atoms with Gasteiger partial charge < -0.3 is 19.9 Å². The zero-order chi connectivity index (χ0) is 23.2. The van der Waals surface area contributed by atoms with E-state index >= 15 is 0 Å². The maximum absolute atomic E-state index is 13.2. The van der Waals surface area contributed by atoms with E-state index in [1.807, 2.05) is 0 Å². The highest BCUT2D eigenvalue weighted by Crippen LogP contribution is 2.37. The molecule has 0 saturated heterocycles. The predicted octanol–water partition coefficient (Wildman–Crippen LogP) is 2.60. The third-order valence-corrected chi connectivity index (χ3v) is 5.74. The number of rotatable bonds is 3. The standard InChI is InChI=1S/C21H22F3N5O3/c1-11(21(22,23)24)12-8-13-17(26-27-18(13)28(2)9-12)19(30)25-14-10-32-16-7-5-4-6-15(16)29(3)20(14)31/h4-8,11,14H,9-10H2,1-3H3,(H,25,30)(H,26,27)/t11?,14-/m0/s1. The number of carbonyl (C=O) groups excluding carboxylic acids is 2. The molecule has 0 spiro atoms. The number of aromatic nitrogens is 2. The van der Waals surface area contributed by atoms with E-state index in [-0.39, 0.29) is 35.9 Å². The summed E-state index contributed by atoms with van der Waals surface area (Å²) in [5.41, 5.74) is 0.923. The Kier molecular flexibility index (Phi) is 5.35. The molecule has 1 aromatic carbocycles. The lowest BCUT2D eigenvalue weighted by atomic mass is 9.94. The van der Waals surface area contributed by atoms with Gasteiger partial charge in [0.05, 0.1) is 11.6 Å². The minimum Gasteiger partial charge on any atom is -0.489 e. The van der Waals surface area contributed by atoms with E-state index in [1.165, 1.54) is 11.0 Å². The van der Waals surface area contributed by atoms with Crippen molar-refractivity contribution in [3.63, 3.8) is 0 Å². The molecule has 0 fully saturated rings. The van der Waals surface area contributed by atoms with Crippen molar-refractivity contribution in [1.29, 1.82) is 0 Å². The Morgan fingerprint density at radius 3 is 2.75 bits per heavy atom. The van der Waals surface area contributed by atoms with Gasteiger partial charge in [-0.25, -0.2) is 0 Å². The van der Waals surface area contributed by atoms with Crippen LogP contribution in [-0.4, -0.2) is 61.5 Å². The highest BCUT2D eigenvalue weighted by atomic mass is 19.4. The molecule has 11 heteroatoms. The zero-order valence-corrected chi connectivity index (χ0v) is 17.7. The van der Waals surface area contributed by atoms with Crippen LogP contribution in [0, 0.1) is 5.92 Å². The van der Waals surface area contributed by atoms with Crippen molar-refractivity contribution < 1.29 is 27.5 Å². The SMILES string of the molecule is CC(C1=Cc2c(n[nH]c2C(=O)N[C@H]2COc3ccccc3N(C)C2=O)N(C)C1)C(F)(F)F. The van der Waals surface area contributed by atoms with Gasteiger partial charge in [-0.1, -0.05) is 12.1 Å². The number of halogens is 3. The second-order valence-electron chi connectivity index (χ2n) is 7.88. The van der Waals surface area contributed by atoms with Crippen molar-refractivity contribution in [3.05, 3.63) is 41.1 Å². The monoisotopic (exact) mass is 449 g/mol. The zero-order valence-electron chi connectivity index (χ0n) is 17.7. The molecule has 2 N–H and O–H groups in total. The number of para-hydroxylation sites is 2. The number of aromatic amines is 1. The molecule has 3 heterocycles. The summed E-state index contributed by atoms with van der Waals surface area (Å²) in [6, 6.07) is 6.00. The number of nitrogens with one attached hydrogen (secondary N) is 2. The van der Waals surface area contributed by atoms with E-state index in [4.69, 9.17) is 4.74 Å². The van der Waals surface area contributed by atoms with Crippen molar-refractivity contribution in [2.45, 2.75) is 19.1 Å². The molecule has 170 valence electrons. The van der Waals surface area contributed by atoms with Crippen molar-refractivity contribution in [2.75, 3.05) is 37.0 Å². The first-order valence-corrected chi connectivity index (χ1v) is 9.95. The summed E-state index contributed by atoms with van der Waals surface area (Å²) in [6.07, 6.45) is -3.06. The van der Waals surface area contributed by atoms with Gasteiger partial charge in [0.15, 0.2) is 5.82 Å². The predicted molar refractivity (Wildman–Crippen MR) is 112 cm³/mol. The topological polar surface area (TPSA) is 90.6 Å². The Hall–Kier alpha value is -3.50. The van der Waals surface area contributed by atoms with E-state index in [9.17, 15) is 22.8 Å². The van der Waals surface area contributed by atoms with Gasteiger partial charge >= 0.3 is 6.18 Å². The number of hydrogen-bond acceptors (Lipinski definition) is 5. The highest BCUT2D eigenvalue weighted by molar-refractivity contribution is 6.04. The van der Waals surface area contributed by atoms with E-state index < -0.39 is 24.0 Å². The number of amides is 2. The lowest BCUT2D eigenvalue weighted by Gasteiger charge is -2.28. The maximum atomic E-state index is 13.2. The Balaban J connectivity index is 1.59. The van der Waals surface area contributed by atoms with Crippen LogP contribution in [0.4, 0.5) is 24.7 Å². The molecule has 2 aliphatic heterocycles. The molecular formula is C21H22F3N5O3. The number of likely N-dealkylation sites (N-methyl/N-ethyl adjacent to an activating group) is 2. The molecule has 0 saturated carbocycles. The molecule has 4 rings (SSSR count). The molecule has 1 unspecified atom stereocenters. The quantitative estimate of drug-likeness (QED) is 0.752. The van der Waals surface area contributed by atoms with Crippen LogP contribution in [0.1, 0.15) is 23.0 Å². The maximum Gasteiger partial charge on any atom is 0.395 e. The summed E-state index contributed by atoms with van der Waals surface area (Å²) >= 11 is 0. The van der Waals surface area contributed by atoms with Gasteiger partial charge in [-0.3, -0.25) is 14.7 Å². The number of nitrogens with zero attached hydrogens (tertiary/aromatic N) is 3. The highest BCUT2D eigenvalue weighted by Gasteiger charge is 2.40. The number of alkyl halides is 3. The Labute approximate surface area is 182 Å². The number of ether oxygens (including phenoxy) is 1. The molecule has 2 aliphatic rings. The Bertz CT molecular complexity index is 1090. The summed E-state index contributed by atoms with van der Waals surface area (Å²) in [4.78, 5) is 28.8. The van der Waals surface area contributed by atoms with Crippen molar-refractivity contribution in [3.8, 4) is 5.75 Å². The van der Waals surface area contributed by atoms with Gasteiger partial charge in [0, 0.05) is 26.2 Å². The minimum atomic E-state index is -4.40. The van der Waals surface area contributed by atoms with E-state index in [0.29, 0.717) is 17.3 Å². The number of anilines is 2. The third kappa shape index (κ3) is 3.78. The molecular weight excluding hydrogens is 427 g/mol. The van der Waals surface area contributed by atoms with Crippen LogP contribution in [0.5, 0.6) is 5.75 Å². The van der Waals surface area contributed by atoms with Crippen LogP contribution in [0.3, 0.4) is 0 Å². The van der Waals surface area contributed by atoms with Crippen LogP contribution in [0.15, 0.2) is 29.8 Å². The summed E-state index contributed by atoms with van der Waals surface area (Å²) in [7, 11) is 3.18. The fourth-order valence-electron chi connectivity index (χ4n) is 3.78. The fraction of sp³-hybridized carbons (Fsp3) is 0.381. The van der Waals surface area contributed by atoms with Crippen molar-refractivity contribution in [2.24, 2.45) is 5.92 Å². The van der Waals surface area contributed by atoms with Gasteiger partial charge in [-0.15, -0.1) is 0 Å². The molecule has 8 nitrogen and oxygen atoms in total. The second-order valence-corrected chi connectivity index (χ2v) is 7.88. The molecule has 2 amide bonds. The molecule has 0 radical (unpaired) electrons. The first-order chi connectivity index (χ1) is 15.1. The summed E-state index contributed by atoms with van der Waals surface area (Å²) in [6.45, 7) is 1.03. The minimum absolute atomic E-state index is 0.0179. The first kappa shape index (κ1) is 21.7. The summed E-state index contributed by atoms with van der Waals surface area (Å²) < 4.78 is 45.4. The van der Waals surface area contributed by atoms with Crippen LogP contribution in [-0.2, 0) is 4.79 Å². The average Bonchev–Trinajstić information content (AvgIpc) is 3.14. The van der Waals surface area contributed by atoms with E-state index in [0.717, 1.165) is 6.92 Å². The Morgan fingerprint density at radius 2 is 2.03 bits per heavy atom. The third-order valence-electron chi connectivity index (χ3n) is 5.74. The van der Waals surface area contributed by atoms with Gasteiger partial charge in [0.1, 0.15) is 24.1 Å². The van der Waals surface area contributed by atoms with Gasteiger partial charge in [0.25, 0.3) is 11.8 Å². The number of H-pyrrole nitrogens is 1. The smallest absolute Gasteiger partial charge is 0.395 e. The molecule has 1 aromatic heterocycles. The molecule has 0 bridgehead atoms. The molecule has 2 aromatic rings. The number of fused-ring (bicyclic) bond motifs is 2. The summed E-state index contributed by atoms with van der Waals surface area (Å²) in [5, 5.41) is 9.30. The lowest BCUT2D eigenvalue weighted by molar-refractivity contribution is -0.159. The normalized spacial score (nSPS) is 19.4.